The summed E-state index contributed by atoms with van der Waals surface area (Å²) in [6.07, 6.45) is -4.42. The van der Waals surface area contributed by atoms with Crippen LogP contribution < -0.4 is 5.32 Å². The summed E-state index contributed by atoms with van der Waals surface area (Å²) in [5.74, 6) is -0.609. The van der Waals surface area contributed by atoms with Gasteiger partial charge in [-0.2, -0.15) is 13.2 Å². The Kier molecular flexibility index (Phi) is 6.30. The number of nitrogens with zero attached hydrogens (tertiary/aromatic N) is 2. The summed E-state index contributed by atoms with van der Waals surface area (Å²) in [6, 6.07) is 6.58. The lowest BCUT2D eigenvalue weighted by Crippen LogP contribution is -2.24. The van der Waals surface area contributed by atoms with Gasteiger partial charge in [0, 0.05) is 29.3 Å². The van der Waals surface area contributed by atoms with Gasteiger partial charge in [0.25, 0.3) is 5.91 Å². The van der Waals surface area contributed by atoms with Crippen LogP contribution in [0, 0.1) is 12.8 Å². The van der Waals surface area contributed by atoms with Crippen LogP contribution in [-0.4, -0.2) is 21.7 Å². The van der Waals surface area contributed by atoms with Gasteiger partial charge in [0.2, 0.25) is 0 Å². The maximum absolute atomic E-state index is 12.7. The first-order chi connectivity index (χ1) is 12.6. The van der Waals surface area contributed by atoms with Crippen LogP contribution in [-0.2, 0) is 23.9 Å². The molecule has 2 heterocycles. The zero-order valence-electron chi connectivity index (χ0n) is 15.2. The van der Waals surface area contributed by atoms with Crippen molar-refractivity contribution in [3.05, 3.63) is 58.7 Å². The molecule has 5 nitrogen and oxygen atoms in total. The number of carbonyl (C=O) groups is 2. The number of pyridine rings is 2. The number of Topliss-reactive ketones (excluding diaryl/α,β-unsaturated/α-hetero) is 1. The quantitative estimate of drug-likeness (QED) is 0.834. The molecule has 1 N–H and O–H groups in total. The van der Waals surface area contributed by atoms with Gasteiger partial charge >= 0.3 is 6.18 Å². The van der Waals surface area contributed by atoms with E-state index in [1.165, 1.54) is 18.2 Å². The molecule has 0 atom stereocenters. The van der Waals surface area contributed by atoms with E-state index in [-0.39, 0.29) is 30.4 Å². The van der Waals surface area contributed by atoms with Crippen LogP contribution in [0.5, 0.6) is 0 Å². The maximum atomic E-state index is 12.7. The van der Waals surface area contributed by atoms with Gasteiger partial charge in [0.1, 0.15) is 11.5 Å². The monoisotopic (exact) mass is 379 g/mol. The van der Waals surface area contributed by atoms with E-state index in [4.69, 9.17) is 0 Å². The Morgan fingerprint density at radius 2 is 1.81 bits per heavy atom. The van der Waals surface area contributed by atoms with Crippen LogP contribution in [0.3, 0.4) is 0 Å². The number of aryl methyl sites for hydroxylation is 1. The summed E-state index contributed by atoms with van der Waals surface area (Å²) in [5, 5.41) is 2.54. The van der Waals surface area contributed by atoms with Gasteiger partial charge in [0.15, 0.2) is 0 Å². The third kappa shape index (κ3) is 5.87. The van der Waals surface area contributed by atoms with E-state index < -0.39 is 17.8 Å². The lowest BCUT2D eigenvalue weighted by atomic mass is 10.0. The number of carbonyl (C=O) groups excluding carboxylic acids is 2. The zero-order valence-corrected chi connectivity index (χ0v) is 15.2. The summed E-state index contributed by atoms with van der Waals surface area (Å²) in [5.41, 5.74) is 0.436. The van der Waals surface area contributed by atoms with Crippen LogP contribution in [0.4, 0.5) is 13.2 Å². The molecule has 0 aliphatic rings. The van der Waals surface area contributed by atoms with E-state index in [9.17, 15) is 22.8 Å². The van der Waals surface area contributed by atoms with Crippen molar-refractivity contribution >= 4 is 11.7 Å². The molecule has 0 aromatic carbocycles. The molecule has 0 fully saturated rings. The molecule has 0 saturated heterocycles. The summed E-state index contributed by atoms with van der Waals surface area (Å²) in [6.45, 7) is 5.13. The van der Waals surface area contributed by atoms with Crippen LogP contribution in [0.15, 0.2) is 30.3 Å². The van der Waals surface area contributed by atoms with Gasteiger partial charge in [0.05, 0.1) is 12.2 Å². The second-order valence-corrected chi connectivity index (χ2v) is 6.48. The average molecular weight is 379 g/mol. The van der Waals surface area contributed by atoms with Crippen LogP contribution in [0.1, 0.15) is 47.0 Å². The Morgan fingerprint density at radius 1 is 1.11 bits per heavy atom. The van der Waals surface area contributed by atoms with Crippen molar-refractivity contribution in [1.29, 1.82) is 0 Å². The van der Waals surface area contributed by atoms with Gasteiger partial charge in [-0.25, -0.2) is 4.98 Å². The normalized spacial score (nSPS) is 11.5. The fraction of sp³-hybridized carbons (Fsp3) is 0.368. The molecule has 2 aromatic rings. The predicted octanol–water partition coefficient (Wildman–Crippen LogP) is 3.50. The number of hydrogen-bond acceptors (Lipinski definition) is 4. The van der Waals surface area contributed by atoms with E-state index in [2.05, 4.69) is 15.3 Å². The van der Waals surface area contributed by atoms with Gasteiger partial charge in [-0.05, 0) is 31.2 Å². The molecular formula is C19H20F3N3O2. The number of amides is 1. The van der Waals surface area contributed by atoms with Crippen LogP contribution in [0.25, 0.3) is 0 Å². The Morgan fingerprint density at radius 3 is 2.44 bits per heavy atom. The molecule has 2 rings (SSSR count). The Labute approximate surface area is 155 Å². The molecular weight excluding hydrogens is 359 g/mol. The molecule has 27 heavy (non-hydrogen) atoms. The van der Waals surface area contributed by atoms with E-state index in [1.807, 2.05) is 0 Å². The van der Waals surface area contributed by atoms with E-state index in [1.54, 1.807) is 26.8 Å². The molecule has 0 radical (unpaired) electrons. The van der Waals surface area contributed by atoms with Gasteiger partial charge in [-0.3, -0.25) is 14.6 Å². The fourth-order valence-corrected chi connectivity index (χ4v) is 2.35. The Balaban J connectivity index is 2.10. The first-order valence-electron chi connectivity index (χ1n) is 8.38. The molecule has 0 bridgehead atoms. The first kappa shape index (κ1) is 20.5. The number of ketones is 1. The van der Waals surface area contributed by atoms with Crippen LogP contribution >= 0.6 is 0 Å². The second kappa shape index (κ2) is 8.28. The lowest BCUT2D eigenvalue weighted by Gasteiger charge is -2.10. The molecule has 0 aliphatic carbocycles. The number of aromatic nitrogens is 2. The molecule has 8 heteroatoms. The minimum absolute atomic E-state index is 0.00706. The standard InChI is InChI=1S/C19H20F3N3O2/c1-11(2)16(26)9-15-8-13(7-12(3)24-15)18(27)23-10-14-5-4-6-17(25-14)19(20,21)22/h4-8,11H,9-10H2,1-3H3,(H,23,27). The molecule has 1 amide bonds. The van der Waals surface area contributed by atoms with Crippen molar-refractivity contribution in [2.24, 2.45) is 5.92 Å². The number of rotatable bonds is 6. The summed E-state index contributed by atoms with van der Waals surface area (Å²) in [4.78, 5) is 32.0. The molecule has 0 aliphatic heterocycles. The predicted molar refractivity (Wildman–Crippen MR) is 92.9 cm³/mol. The third-order valence-corrected chi connectivity index (χ3v) is 3.80. The number of alkyl halides is 3. The Bertz CT molecular complexity index is 848. The fourth-order valence-electron chi connectivity index (χ4n) is 2.35. The van der Waals surface area contributed by atoms with Crippen molar-refractivity contribution < 1.29 is 22.8 Å². The SMILES string of the molecule is Cc1cc(C(=O)NCc2cccc(C(F)(F)F)n2)cc(CC(=O)C(C)C)n1. The largest absolute Gasteiger partial charge is 0.433 e. The first-order valence-corrected chi connectivity index (χ1v) is 8.38. The minimum atomic E-state index is -4.54. The molecule has 0 unspecified atom stereocenters. The van der Waals surface area contributed by atoms with E-state index >= 15 is 0 Å². The third-order valence-electron chi connectivity index (χ3n) is 3.80. The maximum Gasteiger partial charge on any atom is 0.433 e. The minimum Gasteiger partial charge on any atom is -0.346 e. The zero-order chi connectivity index (χ0) is 20.2. The lowest BCUT2D eigenvalue weighted by molar-refractivity contribution is -0.141. The van der Waals surface area contributed by atoms with Crippen molar-refractivity contribution in [2.75, 3.05) is 0 Å². The highest BCUT2D eigenvalue weighted by atomic mass is 19.4. The van der Waals surface area contributed by atoms with E-state index in [0.717, 1.165) is 6.07 Å². The highest BCUT2D eigenvalue weighted by Gasteiger charge is 2.32. The van der Waals surface area contributed by atoms with Gasteiger partial charge in [-0.1, -0.05) is 19.9 Å². The smallest absolute Gasteiger partial charge is 0.346 e. The highest BCUT2D eigenvalue weighted by molar-refractivity contribution is 5.94. The highest BCUT2D eigenvalue weighted by Crippen LogP contribution is 2.27. The second-order valence-electron chi connectivity index (χ2n) is 6.48. The van der Waals surface area contributed by atoms with Gasteiger partial charge < -0.3 is 5.32 Å². The summed E-state index contributed by atoms with van der Waals surface area (Å²) < 4.78 is 38.1. The molecule has 0 spiro atoms. The van der Waals surface area contributed by atoms with Crippen molar-refractivity contribution in [3.63, 3.8) is 0 Å². The summed E-state index contributed by atoms with van der Waals surface area (Å²) in [7, 11) is 0. The molecule has 2 aromatic heterocycles. The number of hydrogen-bond donors (Lipinski definition) is 1. The van der Waals surface area contributed by atoms with Crippen molar-refractivity contribution in [2.45, 2.75) is 39.9 Å². The number of nitrogens with one attached hydrogen (secondary N) is 1. The molecule has 144 valence electrons. The van der Waals surface area contributed by atoms with E-state index in [0.29, 0.717) is 17.0 Å². The Hall–Kier alpha value is -2.77. The summed E-state index contributed by atoms with van der Waals surface area (Å²) >= 11 is 0. The molecule has 0 saturated carbocycles. The topological polar surface area (TPSA) is 72.0 Å². The van der Waals surface area contributed by atoms with Crippen LogP contribution in [0.2, 0.25) is 0 Å². The van der Waals surface area contributed by atoms with Crippen molar-refractivity contribution in [3.8, 4) is 0 Å². The number of halogens is 3. The average Bonchev–Trinajstić information content (AvgIpc) is 2.58. The van der Waals surface area contributed by atoms with Gasteiger partial charge in [-0.15, -0.1) is 0 Å². The van der Waals surface area contributed by atoms with Crippen molar-refractivity contribution in [1.82, 2.24) is 15.3 Å².